The van der Waals surface area contributed by atoms with Crippen molar-refractivity contribution in [3.05, 3.63) is 29.8 Å². The Morgan fingerprint density at radius 2 is 1.91 bits per heavy atom. The third kappa shape index (κ3) is 4.38. The zero-order chi connectivity index (χ0) is 16.2. The SMILES string of the molecule is CN(CC1CC(Oc2ccc(CN3CCCC3)cc2)C1)C(=O)O. The lowest BCUT2D eigenvalue weighted by molar-refractivity contribution is 0.0474. The van der Waals surface area contributed by atoms with Gasteiger partial charge in [0.1, 0.15) is 5.75 Å². The van der Waals surface area contributed by atoms with E-state index in [-0.39, 0.29) is 6.10 Å². The number of benzene rings is 1. The van der Waals surface area contributed by atoms with Crippen LogP contribution in [0.1, 0.15) is 31.2 Å². The van der Waals surface area contributed by atoms with Crippen molar-refractivity contribution in [3.8, 4) is 5.75 Å². The molecule has 0 unspecified atom stereocenters. The van der Waals surface area contributed by atoms with Gasteiger partial charge in [0.05, 0.1) is 6.10 Å². The number of carboxylic acid groups (broad SMARTS) is 1. The van der Waals surface area contributed by atoms with Gasteiger partial charge in [-0.25, -0.2) is 4.79 Å². The molecule has 2 fully saturated rings. The molecule has 5 heteroatoms. The van der Waals surface area contributed by atoms with Crippen LogP contribution in [0.15, 0.2) is 24.3 Å². The van der Waals surface area contributed by atoms with Gasteiger partial charge in [0.15, 0.2) is 0 Å². The molecular formula is C18H26N2O3. The topological polar surface area (TPSA) is 53.0 Å². The van der Waals surface area contributed by atoms with Crippen LogP contribution in [-0.4, -0.2) is 53.8 Å². The van der Waals surface area contributed by atoms with Crippen molar-refractivity contribution in [2.75, 3.05) is 26.7 Å². The zero-order valence-electron chi connectivity index (χ0n) is 13.8. The predicted octanol–water partition coefficient (Wildman–Crippen LogP) is 3.05. The number of likely N-dealkylation sites (tertiary alicyclic amines) is 1. The summed E-state index contributed by atoms with van der Waals surface area (Å²) >= 11 is 0. The molecule has 0 bridgehead atoms. The molecule has 1 aromatic rings. The van der Waals surface area contributed by atoms with Crippen molar-refractivity contribution in [1.82, 2.24) is 9.80 Å². The minimum Gasteiger partial charge on any atom is -0.490 e. The molecule has 2 aliphatic rings. The van der Waals surface area contributed by atoms with Crippen LogP contribution in [0.25, 0.3) is 0 Å². The second-order valence-electron chi connectivity index (χ2n) is 6.87. The Labute approximate surface area is 137 Å². The number of hydrogen-bond acceptors (Lipinski definition) is 3. The van der Waals surface area contributed by atoms with E-state index in [2.05, 4.69) is 29.2 Å². The van der Waals surface area contributed by atoms with Gasteiger partial charge in [-0.15, -0.1) is 0 Å². The van der Waals surface area contributed by atoms with Crippen LogP contribution in [0.2, 0.25) is 0 Å². The molecule has 3 rings (SSSR count). The molecule has 1 amide bonds. The zero-order valence-corrected chi connectivity index (χ0v) is 13.8. The molecule has 23 heavy (non-hydrogen) atoms. The summed E-state index contributed by atoms with van der Waals surface area (Å²) in [5, 5.41) is 8.87. The summed E-state index contributed by atoms with van der Waals surface area (Å²) < 4.78 is 5.97. The predicted molar refractivity (Wildman–Crippen MR) is 88.7 cm³/mol. The van der Waals surface area contributed by atoms with Crippen LogP contribution < -0.4 is 4.74 Å². The molecule has 5 nitrogen and oxygen atoms in total. The van der Waals surface area contributed by atoms with E-state index in [0.717, 1.165) is 25.1 Å². The quantitative estimate of drug-likeness (QED) is 0.876. The number of rotatable bonds is 6. The first-order chi connectivity index (χ1) is 11.1. The minimum absolute atomic E-state index is 0.228. The number of amides is 1. The van der Waals surface area contributed by atoms with Crippen LogP contribution >= 0.6 is 0 Å². The van der Waals surface area contributed by atoms with Crippen LogP contribution in [0, 0.1) is 5.92 Å². The minimum atomic E-state index is -0.858. The summed E-state index contributed by atoms with van der Waals surface area (Å²) in [5.74, 6) is 1.35. The summed E-state index contributed by atoms with van der Waals surface area (Å²) in [6.45, 7) is 4.07. The van der Waals surface area contributed by atoms with Crippen molar-refractivity contribution < 1.29 is 14.6 Å². The Kier molecular flexibility index (Phi) is 5.06. The normalized spacial score (nSPS) is 24.2. The second kappa shape index (κ2) is 7.21. The van der Waals surface area contributed by atoms with Crippen molar-refractivity contribution in [1.29, 1.82) is 0 Å². The Morgan fingerprint density at radius 1 is 1.26 bits per heavy atom. The molecule has 1 heterocycles. The molecule has 1 aliphatic heterocycles. The van der Waals surface area contributed by atoms with E-state index in [1.807, 2.05) is 0 Å². The standard InChI is InChI=1S/C18H26N2O3/c1-19(18(21)22)12-15-10-17(11-15)23-16-6-4-14(5-7-16)13-20-8-2-3-9-20/h4-7,15,17H,2-3,8-13H2,1H3,(H,21,22). The lowest BCUT2D eigenvalue weighted by atomic mass is 9.82. The molecule has 1 saturated heterocycles. The first-order valence-corrected chi connectivity index (χ1v) is 8.52. The van der Waals surface area contributed by atoms with Gasteiger partial charge >= 0.3 is 6.09 Å². The van der Waals surface area contributed by atoms with E-state index in [1.54, 1.807) is 7.05 Å². The van der Waals surface area contributed by atoms with Gasteiger partial charge in [0.2, 0.25) is 0 Å². The molecule has 1 aromatic carbocycles. The van der Waals surface area contributed by atoms with Crippen LogP contribution in [0.5, 0.6) is 5.75 Å². The molecule has 1 aliphatic carbocycles. The van der Waals surface area contributed by atoms with E-state index in [4.69, 9.17) is 9.84 Å². The number of carbonyl (C=O) groups is 1. The molecule has 0 atom stereocenters. The molecule has 1 saturated carbocycles. The highest BCUT2D eigenvalue weighted by molar-refractivity contribution is 5.64. The van der Waals surface area contributed by atoms with Crippen molar-refractivity contribution in [3.63, 3.8) is 0 Å². The maximum atomic E-state index is 10.8. The molecule has 0 aromatic heterocycles. The smallest absolute Gasteiger partial charge is 0.407 e. The van der Waals surface area contributed by atoms with Crippen molar-refractivity contribution in [2.45, 2.75) is 38.3 Å². The molecule has 126 valence electrons. The fraction of sp³-hybridized carbons (Fsp3) is 0.611. The van der Waals surface area contributed by atoms with Gasteiger partial charge < -0.3 is 14.7 Å². The van der Waals surface area contributed by atoms with Gasteiger partial charge in [0, 0.05) is 20.1 Å². The van der Waals surface area contributed by atoms with Gasteiger partial charge in [-0.05, 0) is 62.4 Å². The van der Waals surface area contributed by atoms with Crippen LogP contribution in [0.3, 0.4) is 0 Å². The number of ether oxygens (including phenoxy) is 1. The van der Waals surface area contributed by atoms with Crippen molar-refractivity contribution in [2.24, 2.45) is 5.92 Å². The van der Waals surface area contributed by atoms with Crippen LogP contribution in [0.4, 0.5) is 4.79 Å². The first kappa shape index (κ1) is 16.1. The third-order valence-corrected chi connectivity index (χ3v) is 4.88. The first-order valence-electron chi connectivity index (χ1n) is 8.52. The van der Waals surface area contributed by atoms with Crippen molar-refractivity contribution >= 4 is 6.09 Å². The molecule has 1 N–H and O–H groups in total. The van der Waals surface area contributed by atoms with Crippen LogP contribution in [-0.2, 0) is 6.54 Å². The number of nitrogens with zero attached hydrogens (tertiary/aromatic N) is 2. The monoisotopic (exact) mass is 318 g/mol. The van der Waals surface area contributed by atoms with E-state index in [0.29, 0.717) is 12.5 Å². The van der Waals surface area contributed by atoms with E-state index in [1.165, 1.54) is 36.4 Å². The van der Waals surface area contributed by atoms with Gasteiger partial charge in [-0.2, -0.15) is 0 Å². The Bertz CT molecular complexity index is 520. The lowest BCUT2D eigenvalue weighted by Crippen LogP contribution is -2.41. The number of hydrogen-bond donors (Lipinski definition) is 1. The second-order valence-corrected chi connectivity index (χ2v) is 6.87. The summed E-state index contributed by atoms with van der Waals surface area (Å²) in [4.78, 5) is 14.6. The Hall–Kier alpha value is -1.75. The average molecular weight is 318 g/mol. The molecular weight excluding hydrogens is 292 g/mol. The van der Waals surface area contributed by atoms with E-state index in [9.17, 15) is 4.79 Å². The highest BCUT2D eigenvalue weighted by Gasteiger charge is 2.32. The summed E-state index contributed by atoms with van der Waals surface area (Å²) in [6, 6.07) is 8.42. The fourth-order valence-corrected chi connectivity index (χ4v) is 3.45. The van der Waals surface area contributed by atoms with Gasteiger partial charge in [-0.1, -0.05) is 12.1 Å². The molecule has 0 radical (unpaired) electrons. The summed E-state index contributed by atoms with van der Waals surface area (Å²) in [6.07, 6.45) is 3.89. The Morgan fingerprint density at radius 3 is 2.52 bits per heavy atom. The largest absolute Gasteiger partial charge is 0.490 e. The van der Waals surface area contributed by atoms with E-state index >= 15 is 0 Å². The Balaban J connectivity index is 1.40. The van der Waals surface area contributed by atoms with Gasteiger partial charge in [0.25, 0.3) is 0 Å². The summed E-state index contributed by atoms with van der Waals surface area (Å²) in [7, 11) is 1.62. The lowest BCUT2D eigenvalue weighted by Gasteiger charge is -2.37. The highest BCUT2D eigenvalue weighted by atomic mass is 16.5. The van der Waals surface area contributed by atoms with Gasteiger partial charge in [-0.3, -0.25) is 4.90 Å². The summed E-state index contributed by atoms with van der Waals surface area (Å²) in [5.41, 5.74) is 1.34. The average Bonchev–Trinajstić information content (AvgIpc) is 2.99. The maximum Gasteiger partial charge on any atom is 0.407 e. The maximum absolute atomic E-state index is 10.8. The third-order valence-electron chi connectivity index (χ3n) is 4.88. The molecule has 0 spiro atoms. The van der Waals surface area contributed by atoms with E-state index < -0.39 is 6.09 Å². The fourth-order valence-electron chi connectivity index (χ4n) is 3.45. The highest BCUT2D eigenvalue weighted by Crippen LogP contribution is 2.32.